The van der Waals surface area contributed by atoms with Crippen molar-refractivity contribution in [2.75, 3.05) is 19.7 Å². The Hall–Kier alpha value is -3.03. The number of halogens is 3. The van der Waals surface area contributed by atoms with Crippen LogP contribution in [0.15, 0.2) is 54.6 Å². The average molecular weight is 393 g/mol. The largest absolute Gasteiger partial charge is 0.483 e. The van der Waals surface area contributed by atoms with E-state index in [1.54, 1.807) is 24.3 Å². The first-order valence-electron chi connectivity index (χ1n) is 8.62. The summed E-state index contributed by atoms with van der Waals surface area (Å²) in [7, 11) is 0. The number of carboxylic acids is 1. The quantitative estimate of drug-likeness (QED) is 0.846. The van der Waals surface area contributed by atoms with Gasteiger partial charge in [0.2, 0.25) is 0 Å². The van der Waals surface area contributed by atoms with Gasteiger partial charge in [-0.3, -0.25) is 9.59 Å². The van der Waals surface area contributed by atoms with Crippen LogP contribution in [0.1, 0.15) is 17.0 Å². The summed E-state index contributed by atoms with van der Waals surface area (Å²) in [5, 5.41) is 9.48. The Kier molecular flexibility index (Phi) is 5.58. The van der Waals surface area contributed by atoms with Gasteiger partial charge in [0.1, 0.15) is 5.75 Å². The minimum absolute atomic E-state index is 0.0159. The molecule has 28 heavy (non-hydrogen) atoms. The lowest BCUT2D eigenvalue weighted by molar-refractivity contribution is -0.143. The van der Waals surface area contributed by atoms with Crippen molar-refractivity contribution in [2.45, 2.75) is 12.1 Å². The Labute approximate surface area is 159 Å². The first-order valence-corrected chi connectivity index (χ1v) is 8.62. The van der Waals surface area contributed by atoms with Crippen LogP contribution in [0.4, 0.5) is 13.2 Å². The first-order chi connectivity index (χ1) is 13.3. The summed E-state index contributed by atoms with van der Waals surface area (Å²) < 4.78 is 44.2. The van der Waals surface area contributed by atoms with Gasteiger partial charge in [-0.1, -0.05) is 42.5 Å². The molecule has 148 valence electrons. The fraction of sp³-hybridized carbons (Fsp3) is 0.300. The molecule has 1 aliphatic heterocycles. The molecule has 2 aromatic carbocycles. The van der Waals surface area contributed by atoms with Crippen molar-refractivity contribution in [2.24, 2.45) is 5.92 Å². The third-order valence-corrected chi connectivity index (χ3v) is 4.76. The standard InChI is InChI=1S/C20H18F3NO4/c21-20(22,23)16-8-4-5-9-17(16)28-12-18(25)24-10-14(15(11-24)19(26)27)13-6-2-1-3-7-13/h1-9,14-15H,10-12H2,(H,26,27). The Morgan fingerprint density at radius 2 is 1.68 bits per heavy atom. The minimum atomic E-state index is -4.60. The predicted molar refractivity (Wildman–Crippen MR) is 93.8 cm³/mol. The Morgan fingerprint density at radius 1 is 1.04 bits per heavy atom. The number of benzene rings is 2. The van der Waals surface area contributed by atoms with Gasteiger partial charge in [-0.2, -0.15) is 13.2 Å². The monoisotopic (exact) mass is 393 g/mol. The smallest absolute Gasteiger partial charge is 0.419 e. The fourth-order valence-corrected chi connectivity index (χ4v) is 3.35. The Bertz CT molecular complexity index is 854. The number of likely N-dealkylation sites (tertiary alicyclic amines) is 1. The lowest BCUT2D eigenvalue weighted by Crippen LogP contribution is -2.34. The summed E-state index contributed by atoms with van der Waals surface area (Å²) in [6.07, 6.45) is -4.60. The topological polar surface area (TPSA) is 66.8 Å². The van der Waals surface area contributed by atoms with Crippen molar-refractivity contribution in [3.63, 3.8) is 0 Å². The zero-order valence-electron chi connectivity index (χ0n) is 14.7. The van der Waals surface area contributed by atoms with Gasteiger partial charge in [0, 0.05) is 19.0 Å². The number of hydrogen-bond acceptors (Lipinski definition) is 3. The highest BCUT2D eigenvalue weighted by Gasteiger charge is 2.40. The molecule has 8 heteroatoms. The molecule has 3 rings (SSSR count). The minimum Gasteiger partial charge on any atom is -0.483 e. The highest BCUT2D eigenvalue weighted by Crippen LogP contribution is 2.36. The number of nitrogens with zero attached hydrogens (tertiary/aromatic N) is 1. The van der Waals surface area contributed by atoms with Gasteiger partial charge in [0.15, 0.2) is 6.61 Å². The molecule has 5 nitrogen and oxygen atoms in total. The van der Waals surface area contributed by atoms with Crippen LogP contribution in [0.3, 0.4) is 0 Å². The molecule has 0 bridgehead atoms. The van der Waals surface area contributed by atoms with Crippen molar-refractivity contribution in [3.8, 4) is 5.75 Å². The molecule has 0 aliphatic carbocycles. The number of alkyl halides is 3. The van der Waals surface area contributed by atoms with Crippen LogP contribution in [0.5, 0.6) is 5.75 Å². The number of carbonyl (C=O) groups is 2. The van der Waals surface area contributed by atoms with Crippen LogP contribution in [0.25, 0.3) is 0 Å². The van der Waals surface area contributed by atoms with E-state index in [2.05, 4.69) is 0 Å². The van der Waals surface area contributed by atoms with E-state index in [0.717, 1.165) is 17.7 Å². The zero-order valence-corrected chi connectivity index (χ0v) is 14.7. The molecule has 0 radical (unpaired) electrons. The third-order valence-electron chi connectivity index (χ3n) is 4.76. The van der Waals surface area contributed by atoms with Gasteiger partial charge < -0.3 is 14.7 Å². The summed E-state index contributed by atoms with van der Waals surface area (Å²) >= 11 is 0. The maximum absolute atomic E-state index is 13.0. The number of aliphatic carboxylic acids is 1. The van der Waals surface area contributed by atoms with Gasteiger partial charge >= 0.3 is 12.1 Å². The summed E-state index contributed by atoms with van der Waals surface area (Å²) in [5.74, 6) is -3.18. The molecular formula is C20H18F3NO4. The van der Waals surface area contributed by atoms with E-state index >= 15 is 0 Å². The maximum Gasteiger partial charge on any atom is 0.419 e. The highest BCUT2D eigenvalue weighted by atomic mass is 19.4. The molecule has 1 fully saturated rings. The third kappa shape index (κ3) is 4.27. The summed E-state index contributed by atoms with van der Waals surface area (Å²) in [6.45, 7) is -0.441. The summed E-state index contributed by atoms with van der Waals surface area (Å²) in [4.78, 5) is 25.4. The SMILES string of the molecule is O=C(O)C1CN(C(=O)COc2ccccc2C(F)(F)F)CC1c1ccccc1. The van der Waals surface area contributed by atoms with Crippen LogP contribution in [-0.2, 0) is 15.8 Å². The molecule has 1 amide bonds. The van der Waals surface area contributed by atoms with Crippen LogP contribution >= 0.6 is 0 Å². The van der Waals surface area contributed by atoms with Crippen LogP contribution < -0.4 is 4.74 Å². The molecule has 1 aliphatic rings. The van der Waals surface area contributed by atoms with Gasteiger partial charge in [-0.15, -0.1) is 0 Å². The number of amides is 1. The predicted octanol–water partition coefficient (Wildman–Crippen LogP) is 3.41. The Balaban J connectivity index is 1.70. The zero-order chi connectivity index (χ0) is 20.3. The molecule has 2 unspecified atom stereocenters. The maximum atomic E-state index is 13.0. The molecule has 1 heterocycles. The molecule has 1 N–H and O–H groups in total. The fourth-order valence-electron chi connectivity index (χ4n) is 3.35. The lowest BCUT2D eigenvalue weighted by atomic mass is 9.89. The molecule has 1 saturated heterocycles. The van der Waals surface area contributed by atoms with Gasteiger partial charge in [-0.25, -0.2) is 0 Å². The van der Waals surface area contributed by atoms with Gasteiger partial charge in [0.25, 0.3) is 5.91 Å². The van der Waals surface area contributed by atoms with E-state index in [0.29, 0.717) is 0 Å². The van der Waals surface area contributed by atoms with E-state index in [1.165, 1.54) is 17.0 Å². The lowest BCUT2D eigenvalue weighted by Gasteiger charge is -2.18. The van der Waals surface area contributed by atoms with Crippen LogP contribution in [0.2, 0.25) is 0 Å². The van der Waals surface area contributed by atoms with Crippen molar-refractivity contribution >= 4 is 11.9 Å². The number of para-hydroxylation sites is 1. The molecule has 0 aromatic heterocycles. The van der Waals surface area contributed by atoms with E-state index in [4.69, 9.17) is 4.74 Å². The van der Waals surface area contributed by atoms with Crippen molar-refractivity contribution < 1.29 is 32.6 Å². The number of hydrogen-bond donors (Lipinski definition) is 1. The number of carbonyl (C=O) groups excluding carboxylic acids is 1. The second-order valence-electron chi connectivity index (χ2n) is 6.54. The van der Waals surface area contributed by atoms with E-state index in [9.17, 15) is 27.9 Å². The number of ether oxygens (including phenoxy) is 1. The van der Waals surface area contributed by atoms with Crippen molar-refractivity contribution in [1.82, 2.24) is 4.90 Å². The van der Waals surface area contributed by atoms with E-state index in [-0.39, 0.29) is 19.0 Å². The molecule has 0 saturated carbocycles. The highest BCUT2D eigenvalue weighted by molar-refractivity contribution is 5.80. The first kappa shape index (κ1) is 19.7. The summed E-state index contributed by atoms with van der Waals surface area (Å²) in [5.41, 5.74) is -0.164. The molecular weight excluding hydrogens is 375 g/mol. The summed E-state index contributed by atoms with van der Waals surface area (Å²) in [6, 6.07) is 13.6. The van der Waals surface area contributed by atoms with Crippen molar-refractivity contribution in [1.29, 1.82) is 0 Å². The average Bonchev–Trinajstić information content (AvgIpc) is 3.12. The second kappa shape index (κ2) is 7.92. The molecule has 0 spiro atoms. The van der Waals surface area contributed by atoms with E-state index in [1.807, 2.05) is 6.07 Å². The number of rotatable bonds is 5. The normalized spacial score (nSPS) is 19.5. The van der Waals surface area contributed by atoms with Crippen molar-refractivity contribution in [3.05, 3.63) is 65.7 Å². The van der Waals surface area contributed by atoms with Gasteiger partial charge in [-0.05, 0) is 17.7 Å². The van der Waals surface area contributed by atoms with Gasteiger partial charge in [0.05, 0.1) is 11.5 Å². The number of carboxylic acid groups (broad SMARTS) is 1. The Morgan fingerprint density at radius 3 is 2.32 bits per heavy atom. The second-order valence-corrected chi connectivity index (χ2v) is 6.54. The molecule has 2 atom stereocenters. The van der Waals surface area contributed by atoms with Crippen LogP contribution in [0, 0.1) is 5.92 Å². The van der Waals surface area contributed by atoms with E-state index < -0.39 is 41.9 Å². The molecule has 2 aromatic rings. The van der Waals surface area contributed by atoms with Crippen LogP contribution in [-0.4, -0.2) is 41.6 Å².